The summed E-state index contributed by atoms with van der Waals surface area (Å²) in [5.41, 5.74) is 0. The SMILES string of the molecule is CCCCC/C=C\CCCCCCCC(=O)OCCCCCCCCCCCCCCCCCCCCCCCCCCCCCCCCCCCCCCCCCC(=O)NC(CO)C(O)CCCCCCCCCCC. The molecule has 1 amide bonds. The first-order valence-electron chi connectivity index (χ1n) is 35.4. The highest BCUT2D eigenvalue weighted by atomic mass is 16.5. The van der Waals surface area contributed by atoms with Crippen LogP contribution in [0, 0.1) is 0 Å². The van der Waals surface area contributed by atoms with Gasteiger partial charge in [0.1, 0.15) is 0 Å². The maximum Gasteiger partial charge on any atom is 0.305 e. The number of rotatable bonds is 67. The largest absolute Gasteiger partial charge is 0.466 e. The lowest BCUT2D eigenvalue weighted by Crippen LogP contribution is -2.45. The molecule has 6 heteroatoms. The van der Waals surface area contributed by atoms with Gasteiger partial charge in [-0.3, -0.25) is 9.59 Å². The zero-order chi connectivity index (χ0) is 55.7. The van der Waals surface area contributed by atoms with E-state index in [4.69, 9.17) is 4.74 Å². The summed E-state index contributed by atoms with van der Waals surface area (Å²) in [7, 11) is 0. The van der Waals surface area contributed by atoms with E-state index in [-0.39, 0.29) is 18.5 Å². The molecule has 77 heavy (non-hydrogen) atoms. The molecule has 3 N–H and O–H groups in total. The summed E-state index contributed by atoms with van der Waals surface area (Å²) in [6.45, 7) is 4.94. The second-order valence-corrected chi connectivity index (χ2v) is 24.6. The maximum atomic E-state index is 12.4. The van der Waals surface area contributed by atoms with Crippen LogP contribution in [0.25, 0.3) is 0 Å². The third-order valence-electron chi connectivity index (χ3n) is 16.8. The third kappa shape index (κ3) is 63.6. The molecule has 0 aromatic rings. The molecule has 2 atom stereocenters. The molecule has 0 radical (unpaired) electrons. The molecule has 458 valence electrons. The van der Waals surface area contributed by atoms with Crippen LogP contribution in [0.2, 0.25) is 0 Å². The number of carbonyl (C=O) groups excluding carboxylic acids is 2. The molecule has 0 rings (SSSR count). The van der Waals surface area contributed by atoms with Crippen molar-refractivity contribution in [3.05, 3.63) is 12.2 Å². The molecule has 0 saturated carbocycles. The Kier molecular flexibility index (Phi) is 65.9. The highest BCUT2D eigenvalue weighted by molar-refractivity contribution is 5.76. The Bertz CT molecular complexity index is 1160. The van der Waals surface area contributed by atoms with Crippen molar-refractivity contribution < 1.29 is 24.5 Å². The molecule has 0 bridgehead atoms. The maximum absolute atomic E-state index is 12.4. The Morgan fingerprint density at radius 1 is 0.351 bits per heavy atom. The topological polar surface area (TPSA) is 95.9 Å². The standard InChI is InChI=1S/C71H139NO5/c1-3-5-7-9-11-13-14-45-49-53-57-61-65-71(76)77-66-62-58-54-50-46-43-41-39-37-35-33-31-29-27-25-23-21-19-17-15-16-18-20-22-24-26-28-30-32-34-36-38-40-42-44-48-52-56-60-64-70(75)72-68(67-73)69(74)63-59-55-51-47-12-10-8-6-4-2/h11,13,68-69,73-74H,3-10,12,14-67H2,1-2H3,(H,72,75)/b13-11-. The van der Waals surface area contributed by atoms with Crippen molar-refractivity contribution in [1.29, 1.82) is 0 Å². The summed E-state index contributed by atoms with van der Waals surface area (Å²) in [5, 5.41) is 23.1. The molecular weight excluding hydrogens is 947 g/mol. The first-order valence-corrected chi connectivity index (χ1v) is 35.4. The molecule has 0 aliphatic heterocycles. The monoisotopic (exact) mass is 1090 g/mol. The van der Waals surface area contributed by atoms with Gasteiger partial charge in [0.2, 0.25) is 5.91 Å². The summed E-state index contributed by atoms with van der Waals surface area (Å²) in [5.74, 6) is -0.0147. The van der Waals surface area contributed by atoms with Gasteiger partial charge in [0.05, 0.1) is 25.4 Å². The predicted octanol–water partition coefficient (Wildman–Crippen LogP) is 22.8. The lowest BCUT2D eigenvalue weighted by Gasteiger charge is -2.22. The van der Waals surface area contributed by atoms with E-state index < -0.39 is 12.1 Å². The molecule has 0 heterocycles. The summed E-state index contributed by atoms with van der Waals surface area (Å²) in [6.07, 6.45) is 83.0. The Balaban J connectivity index is 3.25. The van der Waals surface area contributed by atoms with E-state index in [1.165, 1.54) is 327 Å². The van der Waals surface area contributed by atoms with Gasteiger partial charge in [-0.05, 0) is 51.4 Å². The molecule has 0 fully saturated rings. The van der Waals surface area contributed by atoms with Crippen LogP contribution in [0.3, 0.4) is 0 Å². The summed E-state index contributed by atoms with van der Waals surface area (Å²) in [6, 6.07) is -0.533. The van der Waals surface area contributed by atoms with Gasteiger partial charge in [-0.2, -0.15) is 0 Å². The van der Waals surface area contributed by atoms with E-state index in [9.17, 15) is 19.8 Å². The number of esters is 1. The quantitative estimate of drug-likeness (QED) is 0.0320. The number of hydrogen-bond donors (Lipinski definition) is 3. The van der Waals surface area contributed by atoms with Crippen LogP contribution < -0.4 is 5.32 Å². The Labute approximate surface area is 482 Å². The fraction of sp³-hybridized carbons (Fsp3) is 0.944. The second kappa shape index (κ2) is 67.1. The summed E-state index contributed by atoms with van der Waals surface area (Å²) < 4.78 is 5.48. The number of unbranched alkanes of at least 4 members (excludes halogenated alkanes) is 54. The number of allylic oxidation sites excluding steroid dienone is 2. The molecule has 0 saturated heterocycles. The van der Waals surface area contributed by atoms with E-state index in [0.29, 0.717) is 25.9 Å². The van der Waals surface area contributed by atoms with Crippen LogP contribution in [0.5, 0.6) is 0 Å². The van der Waals surface area contributed by atoms with Crippen LogP contribution >= 0.6 is 0 Å². The fourth-order valence-corrected chi connectivity index (χ4v) is 11.4. The van der Waals surface area contributed by atoms with Crippen molar-refractivity contribution in [3.63, 3.8) is 0 Å². The van der Waals surface area contributed by atoms with Crippen molar-refractivity contribution in [2.45, 2.75) is 418 Å². The average Bonchev–Trinajstić information content (AvgIpc) is 3.43. The highest BCUT2D eigenvalue weighted by Gasteiger charge is 2.20. The number of ether oxygens (including phenoxy) is 1. The lowest BCUT2D eigenvalue weighted by atomic mass is 10.0. The van der Waals surface area contributed by atoms with Gasteiger partial charge in [-0.15, -0.1) is 0 Å². The van der Waals surface area contributed by atoms with E-state index >= 15 is 0 Å². The Morgan fingerprint density at radius 3 is 0.948 bits per heavy atom. The first-order chi connectivity index (χ1) is 38.0. The van der Waals surface area contributed by atoms with E-state index in [1.54, 1.807) is 0 Å². The van der Waals surface area contributed by atoms with Gasteiger partial charge in [-0.25, -0.2) is 0 Å². The van der Waals surface area contributed by atoms with E-state index in [2.05, 4.69) is 31.3 Å². The van der Waals surface area contributed by atoms with Crippen molar-refractivity contribution in [3.8, 4) is 0 Å². The lowest BCUT2D eigenvalue weighted by molar-refractivity contribution is -0.143. The van der Waals surface area contributed by atoms with Crippen LogP contribution in [0.15, 0.2) is 12.2 Å². The van der Waals surface area contributed by atoms with Crippen molar-refractivity contribution in [1.82, 2.24) is 5.32 Å². The Hall–Kier alpha value is -1.40. The fourth-order valence-electron chi connectivity index (χ4n) is 11.4. The molecule has 2 unspecified atom stereocenters. The van der Waals surface area contributed by atoms with Gasteiger partial charge in [0.15, 0.2) is 0 Å². The minimum Gasteiger partial charge on any atom is -0.466 e. The summed E-state index contributed by atoms with van der Waals surface area (Å²) in [4.78, 5) is 24.5. The smallest absolute Gasteiger partial charge is 0.305 e. The van der Waals surface area contributed by atoms with E-state index in [0.717, 1.165) is 44.9 Å². The predicted molar refractivity (Wildman–Crippen MR) is 338 cm³/mol. The minimum atomic E-state index is -0.656. The number of carbonyl (C=O) groups is 2. The molecule has 0 aromatic heterocycles. The molecule has 0 aliphatic carbocycles. The van der Waals surface area contributed by atoms with Gasteiger partial charge in [0, 0.05) is 12.8 Å². The Morgan fingerprint density at radius 2 is 0.610 bits per heavy atom. The van der Waals surface area contributed by atoms with Gasteiger partial charge >= 0.3 is 5.97 Å². The zero-order valence-corrected chi connectivity index (χ0v) is 52.5. The number of nitrogens with one attached hydrogen (secondary N) is 1. The summed E-state index contributed by atoms with van der Waals surface area (Å²) >= 11 is 0. The van der Waals surface area contributed by atoms with Crippen molar-refractivity contribution >= 4 is 11.9 Å². The minimum absolute atomic E-state index is 0.0144. The number of aliphatic hydroxyl groups is 2. The molecule has 0 aromatic carbocycles. The average molecular weight is 1090 g/mol. The second-order valence-electron chi connectivity index (χ2n) is 24.6. The highest BCUT2D eigenvalue weighted by Crippen LogP contribution is 2.19. The van der Waals surface area contributed by atoms with Crippen LogP contribution in [-0.4, -0.2) is 47.4 Å². The van der Waals surface area contributed by atoms with E-state index in [1.807, 2.05) is 0 Å². The zero-order valence-electron chi connectivity index (χ0n) is 52.5. The molecular formula is C71H139NO5. The molecule has 6 nitrogen and oxygen atoms in total. The van der Waals surface area contributed by atoms with Crippen LogP contribution in [-0.2, 0) is 14.3 Å². The normalized spacial score (nSPS) is 12.5. The molecule has 0 aliphatic rings. The number of hydrogen-bond acceptors (Lipinski definition) is 5. The van der Waals surface area contributed by atoms with Gasteiger partial charge < -0.3 is 20.3 Å². The molecule has 0 spiro atoms. The number of amides is 1. The van der Waals surface area contributed by atoms with Crippen molar-refractivity contribution in [2.75, 3.05) is 13.2 Å². The van der Waals surface area contributed by atoms with Gasteiger partial charge in [-0.1, -0.05) is 353 Å². The first kappa shape index (κ1) is 75.6. The van der Waals surface area contributed by atoms with Crippen LogP contribution in [0.4, 0.5) is 0 Å². The van der Waals surface area contributed by atoms with Crippen molar-refractivity contribution in [2.24, 2.45) is 0 Å². The van der Waals surface area contributed by atoms with Gasteiger partial charge in [0.25, 0.3) is 0 Å². The third-order valence-corrected chi connectivity index (χ3v) is 16.8. The number of aliphatic hydroxyl groups excluding tert-OH is 2. The van der Waals surface area contributed by atoms with Crippen LogP contribution in [0.1, 0.15) is 406 Å².